The molecule has 0 saturated heterocycles. The van der Waals surface area contributed by atoms with Gasteiger partial charge in [-0.15, -0.1) is 0 Å². The summed E-state index contributed by atoms with van der Waals surface area (Å²) in [7, 11) is 0. The highest BCUT2D eigenvalue weighted by Crippen LogP contribution is 2.09. The third-order valence-electron chi connectivity index (χ3n) is 2.57. The first kappa shape index (κ1) is 13.5. The second kappa shape index (κ2) is 5.79. The monoisotopic (exact) mass is 321 g/mol. The Labute approximate surface area is 118 Å². The molecule has 5 nitrogen and oxygen atoms in total. The highest BCUT2D eigenvalue weighted by Gasteiger charge is 2.07. The maximum atomic E-state index is 12.0. The van der Waals surface area contributed by atoms with Crippen LogP contribution in [-0.2, 0) is 6.54 Å². The number of nitrogens with zero attached hydrogens (tertiary/aromatic N) is 2. The standard InChI is InChI=1S/C13H12BrN3O2/c1-2-17-8-10(4-6-12(17)18)16-13(19)9-3-5-11(14)15-7-9/h3-8H,2H2,1H3,(H,16,19). The third kappa shape index (κ3) is 3.29. The van der Waals surface area contributed by atoms with Crippen LogP contribution in [0.15, 0.2) is 46.1 Å². The molecule has 2 heterocycles. The van der Waals surface area contributed by atoms with Crippen molar-refractivity contribution in [2.24, 2.45) is 0 Å². The van der Waals surface area contributed by atoms with Gasteiger partial charge < -0.3 is 9.88 Å². The second-order valence-electron chi connectivity index (χ2n) is 3.87. The minimum absolute atomic E-state index is 0.0918. The Hall–Kier alpha value is -1.95. The normalized spacial score (nSPS) is 10.2. The summed E-state index contributed by atoms with van der Waals surface area (Å²) < 4.78 is 2.19. The second-order valence-corrected chi connectivity index (χ2v) is 4.68. The summed E-state index contributed by atoms with van der Waals surface area (Å²) in [4.78, 5) is 27.4. The van der Waals surface area contributed by atoms with Gasteiger partial charge >= 0.3 is 0 Å². The van der Waals surface area contributed by atoms with Gasteiger partial charge in [0.15, 0.2) is 0 Å². The van der Waals surface area contributed by atoms with Crippen molar-refractivity contribution in [2.75, 3.05) is 5.32 Å². The van der Waals surface area contributed by atoms with Gasteiger partial charge in [-0.2, -0.15) is 0 Å². The molecule has 0 aliphatic heterocycles. The lowest BCUT2D eigenvalue weighted by Crippen LogP contribution is -2.19. The van der Waals surface area contributed by atoms with E-state index >= 15 is 0 Å². The molecule has 19 heavy (non-hydrogen) atoms. The van der Waals surface area contributed by atoms with Crippen LogP contribution in [0.4, 0.5) is 5.69 Å². The third-order valence-corrected chi connectivity index (χ3v) is 3.04. The lowest BCUT2D eigenvalue weighted by molar-refractivity contribution is 0.102. The number of carbonyl (C=O) groups is 1. The van der Waals surface area contributed by atoms with Crippen molar-refractivity contribution in [1.29, 1.82) is 0 Å². The van der Waals surface area contributed by atoms with Gasteiger partial charge in [0.25, 0.3) is 11.5 Å². The van der Waals surface area contributed by atoms with E-state index < -0.39 is 0 Å². The first-order chi connectivity index (χ1) is 9.10. The van der Waals surface area contributed by atoms with Gasteiger partial charge in [-0.25, -0.2) is 4.98 Å². The van der Waals surface area contributed by atoms with Crippen LogP contribution in [-0.4, -0.2) is 15.5 Å². The number of aromatic nitrogens is 2. The van der Waals surface area contributed by atoms with Crippen molar-refractivity contribution < 1.29 is 4.79 Å². The summed E-state index contributed by atoms with van der Waals surface area (Å²) in [5, 5.41) is 2.73. The van der Waals surface area contributed by atoms with Gasteiger partial charge in [-0.3, -0.25) is 9.59 Å². The Morgan fingerprint density at radius 3 is 2.79 bits per heavy atom. The molecule has 2 aromatic rings. The molecule has 2 rings (SSSR count). The van der Waals surface area contributed by atoms with Gasteiger partial charge in [0.2, 0.25) is 0 Å². The number of hydrogen-bond donors (Lipinski definition) is 1. The number of anilines is 1. The Balaban J connectivity index is 2.19. The summed E-state index contributed by atoms with van der Waals surface area (Å²) >= 11 is 3.21. The van der Waals surface area contributed by atoms with Crippen molar-refractivity contribution in [3.63, 3.8) is 0 Å². The lowest BCUT2D eigenvalue weighted by Gasteiger charge is -2.07. The Morgan fingerprint density at radius 1 is 1.37 bits per heavy atom. The highest BCUT2D eigenvalue weighted by atomic mass is 79.9. The number of carbonyl (C=O) groups excluding carboxylic acids is 1. The fourth-order valence-electron chi connectivity index (χ4n) is 1.57. The highest BCUT2D eigenvalue weighted by molar-refractivity contribution is 9.10. The number of amides is 1. The van der Waals surface area contributed by atoms with Crippen molar-refractivity contribution >= 4 is 27.5 Å². The minimum atomic E-state index is -0.263. The Bertz CT molecular complexity index is 650. The largest absolute Gasteiger partial charge is 0.321 e. The summed E-state index contributed by atoms with van der Waals surface area (Å²) in [5.74, 6) is -0.263. The number of aryl methyl sites for hydroxylation is 1. The van der Waals surface area contributed by atoms with E-state index in [0.717, 1.165) is 0 Å². The van der Waals surface area contributed by atoms with E-state index in [1.807, 2.05) is 6.92 Å². The van der Waals surface area contributed by atoms with E-state index in [1.54, 1.807) is 24.4 Å². The SMILES string of the molecule is CCn1cc(NC(=O)c2ccc(Br)nc2)ccc1=O. The predicted molar refractivity (Wildman–Crippen MR) is 76.3 cm³/mol. The van der Waals surface area contributed by atoms with Crippen LogP contribution in [0.5, 0.6) is 0 Å². The van der Waals surface area contributed by atoms with Crippen LogP contribution in [0.1, 0.15) is 17.3 Å². The molecule has 2 aromatic heterocycles. The Kier molecular flexibility index (Phi) is 4.11. The minimum Gasteiger partial charge on any atom is -0.321 e. The molecular formula is C13H12BrN3O2. The molecule has 6 heteroatoms. The van der Waals surface area contributed by atoms with Gasteiger partial charge in [0, 0.05) is 25.0 Å². The van der Waals surface area contributed by atoms with Gasteiger partial charge in [-0.1, -0.05) is 0 Å². The first-order valence-electron chi connectivity index (χ1n) is 5.73. The van der Waals surface area contributed by atoms with Crippen LogP contribution >= 0.6 is 15.9 Å². The first-order valence-corrected chi connectivity index (χ1v) is 6.53. The number of rotatable bonds is 3. The quantitative estimate of drug-likeness (QED) is 0.882. The van der Waals surface area contributed by atoms with Crippen LogP contribution < -0.4 is 10.9 Å². The van der Waals surface area contributed by atoms with E-state index in [-0.39, 0.29) is 11.5 Å². The van der Waals surface area contributed by atoms with Crippen molar-refractivity contribution in [1.82, 2.24) is 9.55 Å². The maximum Gasteiger partial charge on any atom is 0.257 e. The topological polar surface area (TPSA) is 64.0 Å². The Morgan fingerprint density at radius 2 is 2.16 bits per heavy atom. The summed E-state index contributed by atoms with van der Waals surface area (Å²) in [5.41, 5.74) is 0.942. The molecule has 0 aromatic carbocycles. The van der Waals surface area contributed by atoms with Crippen LogP contribution in [0, 0.1) is 0 Å². The molecular weight excluding hydrogens is 310 g/mol. The van der Waals surface area contributed by atoms with Crippen molar-refractivity contribution in [3.8, 4) is 0 Å². The molecule has 0 bridgehead atoms. The van der Waals surface area contributed by atoms with Crippen molar-refractivity contribution in [2.45, 2.75) is 13.5 Å². The average Bonchev–Trinajstić information content (AvgIpc) is 2.41. The van der Waals surface area contributed by atoms with Crippen molar-refractivity contribution in [3.05, 3.63) is 57.2 Å². The molecule has 0 aliphatic rings. The number of nitrogens with one attached hydrogen (secondary N) is 1. The van der Waals surface area contributed by atoms with E-state index in [0.29, 0.717) is 22.4 Å². The molecule has 1 N–H and O–H groups in total. The molecule has 0 atom stereocenters. The molecule has 98 valence electrons. The zero-order chi connectivity index (χ0) is 13.8. The molecule has 1 amide bonds. The van der Waals surface area contributed by atoms with Gasteiger partial charge in [-0.05, 0) is 41.1 Å². The predicted octanol–water partition coefficient (Wildman–Crippen LogP) is 2.28. The molecule has 0 fully saturated rings. The lowest BCUT2D eigenvalue weighted by atomic mass is 10.2. The summed E-state index contributed by atoms with van der Waals surface area (Å²) in [6.45, 7) is 2.42. The average molecular weight is 322 g/mol. The number of pyridine rings is 2. The molecule has 0 aliphatic carbocycles. The summed E-state index contributed by atoms with van der Waals surface area (Å²) in [6, 6.07) is 6.38. The van der Waals surface area contributed by atoms with E-state index in [1.165, 1.54) is 16.8 Å². The van der Waals surface area contributed by atoms with E-state index in [2.05, 4.69) is 26.2 Å². The van der Waals surface area contributed by atoms with Crippen LogP contribution in [0.2, 0.25) is 0 Å². The van der Waals surface area contributed by atoms with E-state index in [9.17, 15) is 9.59 Å². The number of halogens is 1. The maximum absolute atomic E-state index is 12.0. The van der Waals surface area contributed by atoms with Gasteiger partial charge in [0.05, 0.1) is 11.3 Å². The molecule has 0 spiro atoms. The fraction of sp³-hybridized carbons (Fsp3) is 0.154. The zero-order valence-electron chi connectivity index (χ0n) is 10.3. The molecule has 0 unspecified atom stereocenters. The van der Waals surface area contributed by atoms with Crippen LogP contribution in [0.3, 0.4) is 0 Å². The van der Waals surface area contributed by atoms with E-state index in [4.69, 9.17) is 0 Å². The molecule has 0 saturated carbocycles. The molecule has 0 radical (unpaired) electrons. The zero-order valence-corrected chi connectivity index (χ0v) is 11.8. The van der Waals surface area contributed by atoms with Crippen LogP contribution in [0.25, 0.3) is 0 Å². The smallest absolute Gasteiger partial charge is 0.257 e. The summed E-state index contributed by atoms with van der Waals surface area (Å²) in [6.07, 6.45) is 3.10. The van der Waals surface area contributed by atoms with Gasteiger partial charge in [0.1, 0.15) is 4.60 Å². The number of hydrogen-bond acceptors (Lipinski definition) is 3. The fourth-order valence-corrected chi connectivity index (χ4v) is 1.80.